The molecule has 96 valence electrons. The van der Waals surface area contributed by atoms with Gasteiger partial charge in [-0.2, -0.15) is 0 Å². The van der Waals surface area contributed by atoms with Crippen LogP contribution >= 0.6 is 0 Å². The molecule has 0 aromatic heterocycles. The van der Waals surface area contributed by atoms with Crippen molar-refractivity contribution in [3.8, 4) is 0 Å². The van der Waals surface area contributed by atoms with E-state index in [9.17, 15) is 0 Å². The maximum atomic E-state index is 3.75. The van der Waals surface area contributed by atoms with Crippen LogP contribution < -0.4 is 0 Å². The Morgan fingerprint density at radius 2 is 1.44 bits per heavy atom. The van der Waals surface area contributed by atoms with Crippen molar-refractivity contribution in [3.63, 3.8) is 0 Å². The first kappa shape index (κ1) is 15.7. The van der Waals surface area contributed by atoms with E-state index in [0.29, 0.717) is 0 Å². The highest BCUT2D eigenvalue weighted by molar-refractivity contribution is 4.65. The molecule has 0 saturated carbocycles. The van der Waals surface area contributed by atoms with Crippen LogP contribution in [0.15, 0.2) is 12.7 Å². The molecule has 0 aromatic carbocycles. The maximum absolute atomic E-state index is 3.75. The fourth-order valence-corrected chi connectivity index (χ4v) is 2.20. The van der Waals surface area contributed by atoms with Gasteiger partial charge < -0.3 is 0 Å². The van der Waals surface area contributed by atoms with E-state index >= 15 is 0 Å². The SMILES string of the molecule is C=CCCCCCCCC(C)CCCCC. The van der Waals surface area contributed by atoms with E-state index < -0.39 is 0 Å². The van der Waals surface area contributed by atoms with Gasteiger partial charge in [-0.1, -0.05) is 77.7 Å². The van der Waals surface area contributed by atoms with Crippen LogP contribution in [-0.4, -0.2) is 0 Å². The van der Waals surface area contributed by atoms with E-state index in [1.54, 1.807) is 0 Å². The number of rotatable bonds is 12. The predicted octanol–water partition coefficient (Wildman–Crippen LogP) is 6.12. The Balaban J connectivity index is 3.08. The van der Waals surface area contributed by atoms with Crippen LogP contribution in [0.3, 0.4) is 0 Å². The van der Waals surface area contributed by atoms with Gasteiger partial charge in [0, 0.05) is 0 Å². The summed E-state index contributed by atoms with van der Waals surface area (Å²) in [5.74, 6) is 0.958. The van der Waals surface area contributed by atoms with Crippen molar-refractivity contribution in [3.05, 3.63) is 12.7 Å². The molecule has 0 saturated heterocycles. The first-order chi connectivity index (χ1) is 7.81. The minimum atomic E-state index is 0.958. The molecule has 0 aliphatic heterocycles. The van der Waals surface area contributed by atoms with Crippen molar-refractivity contribution in [1.82, 2.24) is 0 Å². The lowest BCUT2D eigenvalue weighted by molar-refractivity contribution is 0.437. The van der Waals surface area contributed by atoms with Gasteiger partial charge in [0.15, 0.2) is 0 Å². The van der Waals surface area contributed by atoms with Gasteiger partial charge in [-0.05, 0) is 18.8 Å². The van der Waals surface area contributed by atoms with Crippen molar-refractivity contribution in [2.24, 2.45) is 5.92 Å². The Labute approximate surface area is 104 Å². The van der Waals surface area contributed by atoms with Gasteiger partial charge in [-0.15, -0.1) is 6.58 Å². The molecule has 0 heteroatoms. The Morgan fingerprint density at radius 3 is 2.06 bits per heavy atom. The molecule has 0 aromatic rings. The summed E-state index contributed by atoms with van der Waals surface area (Å²) in [6.07, 6.45) is 17.4. The Kier molecular flexibility index (Phi) is 12.6. The third-order valence-electron chi connectivity index (χ3n) is 3.41. The lowest BCUT2D eigenvalue weighted by atomic mass is 9.96. The molecular formula is C16H32. The lowest BCUT2D eigenvalue weighted by Crippen LogP contribution is -1.94. The second kappa shape index (κ2) is 12.8. The quantitative estimate of drug-likeness (QED) is 0.277. The zero-order chi connectivity index (χ0) is 12.1. The highest BCUT2D eigenvalue weighted by Crippen LogP contribution is 2.17. The molecule has 0 aliphatic carbocycles. The van der Waals surface area contributed by atoms with Crippen molar-refractivity contribution in [1.29, 1.82) is 0 Å². The lowest BCUT2D eigenvalue weighted by Gasteiger charge is -2.10. The van der Waals surface area contributed by atoms with Crippen LogP contribution in [0.25, 0.3) is 0 Å². The van der Waals surface area contributed by atoms with Gasteiger partial charge in [0.2, 0.25) is 0 Å². The smallest absolute Gasteiger partial charge is 0.0353 e. The normalized spacial score (nSPS) is 12.6. The highest BCUT2D eigenvalue weighted by atomic mass is 14.1. The molecule has 0 heterocycles. The van der Waals surface area contributed by atoms with Gasteiger partial charge in [0.25, 0.3) is 0 Å². The number of allylic oxidation sites excluding steroid dienone is 1. The molecule has 0 amide bonds. The number of hydrogen-bond donors (Lipinski definition) is 0. The highest BCUT2D eigenvalue weighted by Gasteiger charge is 2.01. The fourth-order valence-electron chi connectivity index (χ4n) is 2.20. The van der Waals surface area contributed by atoms with E-state index in [1.165, 1.54) is 70.6 Å². The van der Waals surface area contributed by atoms with E-state index in [4.69, 9.17) is 0 Å². The molecule has 0 spiro atoms. The minimum absolute atomic E-state index is 0.958. The van der Waals surface area contributed by atoms with Gasteiger partial charge in [-0.3, -0.25) is 0 Å². The van der Waals surface area contributed by atoms with E-state index in [2.05, 4.69) is 20.4 Å². The van der Waals surface area contributed by atoms with E-state index in [-0.39, 0.29) is 0 Å². The summed E-state index contributed by atoms with van der Waals surface area (Å²) < 4.78 is 0. The molecule has 0 bridgehead atoms. The summed E-state index contributed by atoms with van der Waals surface area (Å²) in [6.45, 7) is 8.46. The average Bonchev–Trinajstić information content (AvgIpc) is 2.28. The van der Waals surface area contributed by atoms with Crippen molar-refractivity contribution < 1.29 is 0 Å². The zero-order valence-corrected chi connectivity index (χ0v) is 11.6. The third kappa shape index (κ3) is 11.8. The Morgan fingerprint density at radius 1 is 0.875 bits per heavy atom. The van der Waals surface area contributed by atoms with Crippen LogP contribution in [0.5, 0.6) is 0 Å². The van der Waals surface area contributed by atoms with Crippen LogP contribution in [0, 0.1) is 5.92 Å². The second-order valence-electron chi connectivity index (χ2n) is 5.23. The van der Waals surface area contributed by atoms with E-state index in [0.717, 1.165) is 5.92 Å². The average molecular weight is 224 g/mol. The van der Waals surface area contributed by atoms with Crippen molar-refractivity contribution in [2.45, 2.75) is 84.5 Å². The maximum Gasteiger partial charge on any atom is -0.0353 e. The van der Waals surface area contributed by atoms with Gasteiger partial charge in [-0.25, -0.2) is 0 Å². The predicted molar refractivity (Wildman–Crippen MR) is 75.8 cm³/mol. The number of unbranched alkanes of at least 4 members (excludes halogenated alkanes) is 7. The van der Waals surface area contributed by atoms with Crippen LogP contribution in [-0.2, 0) is 0 Å². The minimum Gasteiger partial charge on any atom is -0.103 e. The Bertz CT molecular complexity index is 137. The van der Waals surface area contributed by atoms with Crippen LogP contribution in [0.1, 0.15) is 84.5 Å². The first-order valence-corrected chi connectivity index (χ1v) is 7.42. The topological polar surface area (TPSA) is 0 Å². The summed E-state index contributed by atoms with van der Waals surface area (Å²) in [7, 11) is 0. The molecule has 0 nitrogen and oxygen atoms in total. The van der Waals surface area contributed by atoms with Crippen molar-refractivity contribution >= 4 is 0 Å². The molecule has 1 atom stereocenters. The largest absolute Gasteiger partial charge is 0.103 e. The van der Waals surface area contributed by atoms with Crippen molar-refractivity contribution in [2.75, 3.05) is 0 Å². The molecular weight excluding hydrogens is 192 g/mol. The fraction of sp³-hybridized carbons (Fsp3) is 0.875. The second-order valence-corrected chi connectivity index (χ2v) is 5.23. The molecule has 16 heavy (non-hydrogen) atoms. The zero-order valence-electron chi connectivity index (χ0n) is 11.6. The van der Waals surface area contributed by atoms with E-state index in [1.807, 2.05) is 6.08 Å². The summed E-state index contributed by atoms with van der Waals surface area (Å²) in [5, 5.41) is 0. The molecule has 0 aliphatic rings. The standard InChI is InChI=1S/C16H32/c1-4-6-8-9-10-11-13-15-16(3)14-12-7-5-2/h4,16H,1,5-15H2,2-3H3. The van der Waals surface area contributed by atoms with Crippen LogP contribution in [0.2, 0.25) is 0 Å². The van der Waals surface area contributed by atoms with Gasteiger partial charge >= 0.3 is 0 Å². The summed E-state index contributed by atoms with van der Waals surface area (Å²) >= 11 is 0. The molecule has 0 fully saturated rings. The molecule has 0 radical (unpaired) electrons. The van der Waals surface area contributed by atoms with Crippen LogP contribution in [0.4, 0.5) is 0 Å². The molecule has 0 N–H and O–H groups in total. The third-order valence-corrected chi connectivity index (χ3v) is 3.41. The van der Waals surface area contributed by atoms with Gasteiger partial charge in [0.05, 0.1) is 0 Å². The summed E-state index contributed by atoms with van der Waals surface area (Å²) in [5.41, 5.74) is 0. The number of hydrogen-bond acceptors (Lipinski definition) is 0. The monoisotopic (exact) mass is 224 g/mol. The summed E-state index contributed by atoms with van der Waals surface area (Å²) in [6, 6.07) is 0. The summed E-state index contributed by atoms with van der Waals surface area (Å²) in [4.78, 5) is 0. The molecule has 1 unspecified atom stereocenters. The Hall–Kier alpha value is -0.260. The van der Waals surface area contributed by atoms with Gasteiger partial charge in [0.1, 0.15) is 0 Å². The molecule has 0 rings (SSSR count). The first-order valence-electron chi connectivity index (χ1n) is 7.42.